The molecule has 19 nitrogen and oxygen atoms in total. The average molecular weight is 936 g/mol. The molecule has 0 radical (unpaired) electrons. The Balaban J connectivity index is 1.35. The summed E-state index contributed by atoms with van der Waals surface area (Å²) in [5, 5.41) is 4.80. The van der Waals surface area contributed by atoms with E-state index >= 15 is 0 Å². The number of thiazole rings is 1. The van der Waals surface area contributed by atoms with Crippen molar-refractivity contribution in [1.29, 1.82) is 0 Å². The van der Waals surface area contributed by atoms with Gasteiger partial charge in [0.2, 0.25) is 43.9 Å². The van der Waals surface area contributed by atoms with Crippen LogP contribution in [0.15, 0.2) is 122 Å². The first-order valence-corrected chi connectivity index (χ1v) is 20.6. The number of hydrogen-bond acceptors (Lipinski definition) is 20. The molecule has 5 rings (SSSR count). The number of carbonyl (C=O) groups excluding carboxylic acids is 7. The molecule has 67 heavy (non-hydrogen) atoms. The van der Waals surface area contributed by atoms with E-state index in [9.17, 15) is 33.6 Å². The lowest BCUT2D eigenvalue weighted by Crippen LogP contribution is -2.16. The van der Waals surface area contributed by atoms with E-state index in [2.05, 4.69) is 35.2 Å². The Morgan fingerprint density at radius 1 is 0.657 bits per heavy atom. The highest BCUT2D eigenvalue weighted by molar-refractivity contribution is 7.22. The number of hydrogen-bond donors (Lipinski definition) is 1. The van der Waals surface area contributed by atoms with Crippen molar-refractivity contribution in [2.24, 2.45) is 5.10 Å². The number of Topliss-reactive ketones (excluding diaryl/α,β-unsaturated/α-hetero) is 2. The maximum Gasteiger partial charge on any atom is 0.343 e. The Hall–Kier alpha value is -8.65. The molecule has 0 atom stereocenters. The van der Waals surface area contributed by atoms with Crippen LogP contribution in [0, 0.1) is 0 Å². The van der Waals surface area contributed by atoms with Crippen LogP contribution in [-0.4, -0.2) is 79.8 Å². The minimum Gasteiger partial charge on any atom is -0.453 e. The number of nitrogens with zero attached hydrogens (tertiary/aromatic N) is 2. The lowest BCUT2D eigenvalue weighted by molar-refractivity contribution is -0.150. The van der Waals surface area contributed by atoms with E-state index in [1.807, 2.05) is 24.3 Å². The number of aryl methyl sites for hydroxylation is 1. The summed E-state index contributed by atoms with van der Waals surface area (Å²) in [4.78, 5) is 91.1. The Morgan fingerprint density at radius 2 is 1.21 bits per heavy atom. The van der Waals surface area contributed by atoms with E-state index < -0.39 is 68.6 Å². The van der Waals surface area contributed by atoms with Crippen LogP contribution in [0.4, 0.5) is 5.13 Å². The number of hydrazone groups is 1. The molecule has 20 heteroatoms. The summed E-state index contributed by atoms with van der Waals surface area (Å²) in [5.74, 6) is -5.36. The zero-order chi connectivity index (χ0) is 48.1. The van der Waals surface area contributed by atoms with Crippen LogP contribution in [0.25, 0.3) is 10.2 Å². The third-order valence-electron chi connectivity index (χ3n) is 8.68. The molecule has 1 N–H and O–H groups in total. The van der Waals surface area contributed by atoms with Gasteiger partial charge in [0, 0.05) is 42.2 Å². The van der Waals surface area contributed by atoms with Crippen LogP contribution < -0.4 is 29.1 Å². The number of ketones is 2. The standard InChI is InChI=1S/C47H41N3O16S/c1-5-41(52)62-25-58-36-19-15-30(22-38(36)60-27-64-43(54)7-3)45(56)34(51)17-13-29-14-18-35(32(21-29)24-48-50-47-49-33-11-9-10-12-40(33)67-47)66-46(57)31-16-20-37(59-26-63-42(53)6-2)39(23-31)61-28-65-44(55)8-4/h5-7,9-12,14-16,18-24H,1-3,8,13,17,25-28H2,4H3,(H,49,50)/b48-24+. The molecule has 0 saturated heterocycles. The maximum absolute atomic E-state index is 13.6. The van der Waals surface area contributed by atoms with E-state index in [0.29, 0.717) is 16.3 Å². The predicted molar refractivity (Wildman–Crippen MR) is 240 cm³/mol. The molecule has 0 aliphatic heterocycles. The van der Waals surface area contributed by atoms with Gasteiger partial charge < -0.3 is 42.6 Å². The first-order chi connectivity index (χ1) is 32.4. The summed E-state index contributed by atoms with van der Waals surface area (Å²) in [6.07, 6.45) is 4.09. The quantitative estimate of drug-likeness (QED) is 0.00687. The van der Waals surface area contributed by atoms with Gasteiger partial charge in [0.15, 0.2) is 23.0 Å². The summed E-state index contributed by atoms with van der Waals surface area (Å²) in [6.45, 7) is 9.34. The van der Waals surface area contributed by atoms with Gasteiger partial charge in [-0.05, 0) is 72.6 Å². The largest absolute Gasteiger partial charge is 0.453 e. The minimum absolute atomic E-state index is 0.00128. The van der Waals surface area contributed by atoms with Crippen molar-refractivity contribution in [3.8, 4) is 28.7 Å². The number of rotatable bonds is 26. The highest BCUT2D eigenvalue weighted by Gasteiger charge is 2.21. The second-order valence-electron chi connectivity index (χ2n) is 13.1. The molecule has 1 aromatic heterocycles. The molecular weight excluding hydrogens is 895 g/mol. The predicted octanol–water partition coefficient (Wildman–Crippen LogP) is 6.83. The maximum atomic E-state index is 13.6. The van der Waals surface area contributed by atoms with Crippen LogP contribution in [0.3, 0.4) is 0 Å². The number of ether oxygens (including phenoxy) is 9. The molecule has 346 valence electrons. The smallest absolute Gasteiger partial charge is 0.343 e. The van der Waals surface area contributed by atoms with Crippen LogP contribution in [-0.2, 0) is 49.3 Å². The monoisotopic (exact) mass is 935 g/mol. The molecule has 1 heterocycles. The van der Waals surface area contributed by atoms with Gasteiger partial charge in [-0.25, -0.2) is 24.2 Å². The molecule has 0 amide bonds. The summed E-state index contributed by atoms with van der Waals surface area (Å²) in [6, 6.07) is 20.0. The molecule has 0 bridgehead atoms. The van der Waals surface area contributed by atoms with E-state index in [-0.39, 0.29) is 59.1 Å². The van der Waals surface area contributed by atoms with E-state index in [4.69, 9.17) is 42.6 Å². The number of fused-ring (bicyclic) bond motifs is 1. The molecule has 0 spiro atoms. The molecular formula is C47H41N3O16S. The Bertz CT molecular complexity index is 2680. The molecule has 0 aliphatic carbocycles. The van der Waals surface area contributed by atoms with Crippen LogP contribution in [0.1, 0.15) is 51.6 Å². The van der Waals surface area contributed by atoms with Crippen molar-refractivity contribution >= 4 is 74.3 Å². The highest BCUT2D eigenvalue weighted by atomic mass is 32.1. The number of nitrogens with one attached hydrogen (secondary N) is 1. The fourth-order valence-corrected chi connectivity index (χ4v) is 6.17. The number of esters is 5. The normalized spacial score (nSPS) is 10.5. The number of anilines is 1. The van der Waals surface area contributed by atoms with Gasteiger partial charge in [-0.2, -0.15) is 5.10 Å². The molecule has 0 fully saturated rings. The summed E-state index contributed by atoms with van der Waals surface area (Å²) >= 11 is 1.36. The van der Waals surface area contributed by atoms with Gasteiger partial charge in [0.1, 0.15) is 5.75 Å². The lowest BCUT2D eigenvalue weighted by atomic mass is 10.00. The van der Waals surface area contributed by atoms with E-state index in [1.165, 1.54) is 60.0 Å². The van der Waals surface area contributed by atoms with E-state index in [1.54, 1.807) is 19.1 Å². The molecule has 0 aliphatic rings. The number of aromatic nitrogens is 1. The SMILES string of the molecule is C=CC(=O)OCOc1ccc(C(=O)C(=O)CCc2ccc(OC(=O)c3ccc(OCOC(=O)C=C)c(OCOC(=O)CC)c3)c(/C=N/Nc3nc4ccccc4s3)c2)cc1OCOC(=O)C=C. The van der Waals surface area contributed by atoms with Crippen LogP contribution in [0.5, 0.6) is 28.7 Å². The summed E-state index contributed by atoms with van der Waals surface area (Å²) in [7, 11) is 0. The zero-order valence-electron chi connectivity index (χ0n) is 35.7. The Kier molecular flexibility index (Phi) is 18.4. The molecule has 0 unspecified atom stereocenters. The van der Waals surface area contributed by atoms with Crippen molar-refractivity contribution in [3.05, 3.63) is 139 Å². The van der Waals surface area contributed by atoms with Crippen molar-refractivity contribution in [2.45, 2.75) is 26.2 Å². The van der Waals surface area contributed by atoms with Gasteiger partial charge >= 0.3 is 29.8 Å². The van der Waals surface area contributed by atoms with Crippen LogP contribution >= 0.6 is 11.3 Å². The average Bonchev–Trinajstić information content (AvgIpc) is 3.76. The number of benzene rings is 4. The second-order valence-corrected chi connectivity index (χ2v) is 14.1. The van der Waals surface area contributed by atoms with Crippen molar-refractivity contribution < 1.29 is 76.2 Å². The topological polar surface area (TPSA) is 240 Å². The van der Waals surface area contributed by atoms with E-state index in [0.717, 1.165) is 28.4 Å². The van der Waals surface area contributed by atoms with Gasteiger partial charge in [-0.3, -0.25) is 19.8 Å². The second kappa shape index (κ2) is 25.0. The van der Waals surface area contributed by atoms with Crippen molar-refractivity contribution in [1.82, 2.24) is 4.98 Å². The number of para-hydroxylation sites is 1. The van der Waals surface area contributed by atoms with Gasteiger partial charge in [-0.15, -0.1) is 0 Å². The third kappa shape index (κ3) is 15.0. The van der Waals surface area contributed by atoms with Gasteiger partial charge in [0.25, 0.3) is 0 Å². The van der Waals surface area contributed by atoms with Crippen molar-refractivity contribution in [3.63, 3.8) is 0 Å². The lowest BCUT2D eigenvalue weighted by Gasteiger charge is -2.14. The fourth-order valence-electron chi connectivity index (χ4n) is 5.35. The Morgan fingerprint density at radius 3 is 1.81 bits per heavy atom. The number of carbonyl (C=O) groups is 7. The summed E-state index contributed by atoms with van der Waals surface area (Å²) in [5.41, 5.74) is 4.40. The van der Waals surface area contributed by atoms with Gasteiger partial charge in [-0.1, -0.05) is 56.2 Å². The fraction of sp³-hybridized carbons (Fsp3) is 0.170. The molecule has 5 aromatic rings. The highest BCUT2D eigenvalue weighted by Crippen LogP contribution is 2.32. The molecule has 0 saturated carbocycles. The van der Waals surface area contributed by atoms with Gasteiger partial charge in [0.05, 0.1) is 22.0 Å². The third-order valence-corrected chi connectivity index (χ3v) is 9.62. The first-order valence-electron chi connectivity index (χ1n) is 19.8. The molecule has 4 aromatic carbocycles. The zero-order valence-corrected chi connectivity index (χ0v) is 36.5. The Labute approximate surface area is 386 Å². The minimum atomic E-state index is -0.869. The van der Waals surface area contributed by atoms with Crippen LogP contribution in [0.2, 0.25) is 0 Å². The first kappa shape index (κ1) is 49.4. The van der Waals surface area contributed by atoms with Crippen molar-refractivity contribution in [2.75, 3.05) is 32.6 Å². The summed E-state index contributed by atoms with van der Waals surface area (Å²) < 4.78 is 48.3.